The van der Waals surface area contributed by atoms with Crippen LogP contribution in [0, 0.1) is 6.92 Å². The molecule has 29 heavy (non-hydrogen) atoms. The molecule has 1 aliphatic heterocycles. The third kappa shape index (κ3) is 4.93. The van der Waals surface area contributed by atoms with Gasteiger partial charge in [0.25, 0.3) is 0 Å². The summed E-state index contributed by atoms with van der Waals surface area (Å²) in [5, 5.41) is 11.9. The summed E-state index contributed by atoms with van der Waals surface area (Å²) < 4.78 is 0. The number of aliphatic imine (C=N–C) groups is 1. The molecule has 3 aromatic rings. The van der Waals surface area contributed by atoms with Crippen LogP contribution in [0.25, 0.3) is 10.9 Å². The lowest BCUT2D eigenvalue weighted by Gasteiger charge is -2.33. The average Bonchev–Trinajstić information content (AvgIpc) is 3.39. The van der Waals surface area contributed by atoms with E-state index in [9.17, 15) is 0 Å². The number of nitrogens with zero attached hydrogens (tertiary/aromatic N) is 2. The van der Waals surface area contributed by atoms with Crippen molar-refractivity contribution in [1.29, 1.82) is 0 Å². The number of hydrogen-bond acceptors (Lipinski definition) is 3. The van der Waals surface area contributed by atoms with Crippen LogP contribution in [0.2, 0.25) is 0 Å². The molecule has 2 aromatic heterocycles. The van der Waals surface area contributed by atoms with Crippen molar-refractivity contribution in [2.24, 2.45) is 4.99 Å². The van der Waals surface area contributed by atoms with E-state index in [1.165, 1.54) is 27.0 Å². The van der Waals surface area contributed by atoms with E-state index < -0.39 is 0 Å². The number of thiophene rings is 1. The van der Waals surface area contributed by atoms with Crippen molar-refractivity contribution in [2.45, 2.75) is 39.2 Å². The number of fused-ring (bicyclic) bond motifs is 1. The van der Waals surface area contributed by atoms with Gasteiger partial charge in [-0.1, -0.05) is 12.1 Å². The van der Waals surface area contributed by atoms with E-state index in [0.29, 0.717) is 6.04 Å². The number of piperidine rings is 1. The van der Waals surface area contributed by atoms with E-state index in [2.05, 4.69) is 76.3 Å². The minimum atomic E-state index is 0.486. The summed E-state index contributed by atoms with van der Waals surface area (Å²) in [4.78, 5) is 10.7. The summed E-state index contributed by atoms with van der Waals surface area (Å²) in [6.07, 6.45) is 5.35. The summed E-state index contributed by atoms with van der Waals surface area (Å²) >= 11 is 1.83. The maximum Gasteiger partial charge on any atom is 0.191 e. The minimum absolute atomic E-state index is 0.486. The summed E-state index contributed by atoms with van der Waals surface area (Å²) in [6, 6.07) is 11.4. The van der Waals surface area contributed by atoms with Crippen LogP contribution in [-0.4, -0.2) is 43.2 Å². The molecule has 0 atom stereocenters. The quantitative estimate of drug-likeness (QED) is 0.420. The number of aromatic nitrogens is 1. The monoisotopic (exact) mass is 409 g/mol. The van der Waals surface area contributed by atoms with Crippen LogP contribution in [0.4, 0.5) is 5.00 Å². The zero-order valence-electron chi connectivity index (χ0n) is 17.4. The fourth-order valence-electron chi connectivity index (χ4n) is 4.00. The summed E-state index contributed by atoms with van der Waals surface area (Å²) in [5.41, 5.74) is 3.84. The first kappa shape index (κ1) is 19.8. The lowest BCUT2D eigenvalue weighted by Crippen LogP contribution is -2.48. The highest BCUT2D eigenvalue weighted by atomic mass is 32.1. The molecule has 3 N–H and O–H groups in total. The Morgan fingerprint density at radius 1 is 1.28 bits per heavy atom. The molecule has 0 spiro atoms. The Kier molecular flexibility index (Phi) is 6.39. The van der Waals surface area contributed by atoms with Crippen LogP contribution >= 0.6 is 11.3 Å². The highest BCUT2D eigenvalue weighted by Gasteiger charge is 2.20. The van der Waals surface area contributed by atoms with Gasteiger partial charge in [-0.2, -0.15) is 0 Å². The minimum Gasteiger partial charge on any atom is -0.363 e. The second kappa shape index (κ2) is 9.35. The molecule has 154 valence electrons. The molecule has 0 aliphatic carbocycles. The number of H-pyrrole nitrogens is 1. The van der Waals surface area contributed by atoms with Gasteiger partial charge in [-0.25, -0.2) is 0 Å². The van der Waals surface area contributed by atoms with E-state index in [4.69, 9.17) is 4.99 Å². The van der Waals surface area contributed by atoms with Crippen LogP contribution in [0.5, 0.6) is 0 Å². The molecule has 1 aromatic carbocycles. The number of anilines is 1. The Bertz CT molecular complexity index is 935. The second-order valence-corrected chi connectivity index (χ2v) is 8.66. The molecule has 4 rings (SSSR count). The van der Waals surface area contributed by atoms with Crippen LogP contribution in [0.3, 0.4) is 0 Å². The fraction of sp³-hybridized carbons (Fsp3) is 0.435. The molecular formula is C23H31N5S. The first-order valence-electron chi connectivity index (χ1n) is 10.6. The van der Waals surface area contributed by atoms with Crippen LogP contribution in [0.15, 0.2) is 46.9 Å². The van der Waals surface area contributed by atoms with Crippen molar-refractivity contribution in [2.75, 3.05) is 31.1 Å². The third-order valence-electron chi connectivity index (χ3n) is 5.57. The molecule has 1 saturated heterocycles. The van der Waals surface area contributed by atoms with E-state index in [1.54, 1.807) is 0 Å². The van der Waals surface area contributed by atoms with Gasteiger partial charge in [-0.3, -0.25) is 4.99 Å². The van der Waals surface area contributed by atoms with E-state index >= 15 is 0 Å². The van der Waals surface area contributed by atoms with E-state index in [0.717, 1.165) is 51.4 Å². The van der Waals surface area contributed by atoms with Crippen molar-refractivity contribution in [3.8, 4) is 0 Å². The SMILES string of the molecule is CCNC(=NCCc1c[nH]c2cc(C)ccc12)NC1CCN(c2cccs2)CC1. The number of nitrogens with one attached hydrogen (secondary N) is 3. The van der Waals surface area contributed by atoms with Gasteiger partial charge in [0.15, 0.2) is 5.96 Å². The van der Waals surface area contributed by atoms with Crippen molar-refractivity contribution in [1.82, 2.24) is 15.6 Å². The molecule has 0 saturated carbocycles. The molecule has 1 fully saturated rings. The Balaban J connectivity index is 1.32. The molecule has 0 radical (unpaired) electrons. The Morgan fingerprint density at radius 3 is 2.90 bits per heavy atom. The highest BCUT2D eigenvalue weighted by molar-refractivity contribution is 7.14. The number of rotatable bonds is 6. The maximum absolute atomic E-state index is 4.84. The smallest absolute Gasteiger partial charge is 0.191 e. The molecular weight excluding hydrogens is 378 g/mol. The third-order valence-corrected chi connectivity index (χ3v) is 6.50. The van der Waals surface area contributed by atoms with Gasteiger partial charge in [0.1, 0.15) is 0 Å². The molecule has 5 nitrogen and oxygen atoms in total. The lowest BCUT2D eigenvalue weighted by molar-refractivity contribution is 0.463. The van der Waals surface area contributed by atoms with Gasteiger partial charge in [-0.05, 0) is 67.8 Å². The summed E-state index contributed by atoms with van der Waals surface area (Å²) in [6.45, 7) is 8.12. The standard InChI is InChI=1S/C23H31N5S/c1-3-24-23(27-19-9-12-28(13-10-19)22-5-4-14-29-22)25-11-8-18-16-26-21-15-17(2)6-7-20(18)21/h4-7,14-16,19,26H,3,8-13H2,1-2H3,(H2,24,25,27). The van der Waals surface area contributed by atoms with Crippen molar-refractivity contribution in [3.63, 3.8) is 0 Å². The Morgan fingerprint density at radius 2 is 2.14 bits per heavy atom. The van der Waals surface area contributed by atoms with E-state index in [1.807, 2.05) is 11.3 Å². The number of guanidine groups is 1. The van der Waals surface area contributed by atoms with Gasteiger partial charge in [0, 0.05) is 49.3 Å². The van der Waals surface area contributed by atoms with Crippen LogP contribution in [-0.2, 0) is 6.42 Å². The molecule has 3 heterocycles. The largest absolute Gasteiger partial charge is 0.363 e. The molecule has 1 aliphatic rings. The maximum atomic E-state index is 4.84. The molecule has 0 unspecified atom stereocenters. The van der Waals surface area contributed by atoms with Crippen molar-refractivity contribution in [3.05, 3.63) is 53.0 Å². The van der Waals surface area contributed by atoms with Gasteiger partial charge >= 0.3 is 0 Å². The van der Waals surface area contributed by atoms with E-state index in [-0.39, 0.29) is 0 Å². The predicted octanol–water partition coefficient (Wildman–Crippen LogP) is 4.30. The van der Waals surface area contributed by atoms with Crippen molar-refractivity contribution >= 4 is 33.2 Å². The van der Waals surface area contributed by atoms with Gasteiger partial charge < -0.3 is 20.5 Å². The fourth-order valence-corrected chi connectivity index (χ4v) is 4.79. The lowest BCUT2D eigenvalue weighted by atomic mass is 10.1. The molecule has 0 bridgehead atoms. The number of aromatic amines is 1. The van der Waals surface area contributed by atoms with Gasteiger partial charge in [0.05, 0.1) is 5.00 Å². The Labute approximate surface area is 177 Å². The van der Waals surface area contributed by atoms with Crippen molar-refractivity contribution < 1.29 is 0 Å². The number of hydrogen-bond donors (Lipinski definition) is 3. The second-order valence-electron chi connectivity index (χ2n) is 7.73. The summed E-state index contributed by atoms with van der Waals surface area (Å²) in [5.74, 6) is 0.942. The highest BCUT2D eigenvalue weighted by Crippen LogP contribution is 2.25. The Hall–Kier alpha value is -2.47. The topological polar surface area (TPSA) is 55.5 Å². The zero-order chi connectivity index (χ0) is 20.1. The molecule has 0 amide bonds. The van der Waals surface area contributed by atoms with Crippen LogP contribution < -0.4 is 15.5 Å². The van der Waals surface area contributed by atoms with Gasteiger partial charge in [-0.15, -0.1) is 11.3 Å². The van der Waals surface area contributed by atoms with Crippen LogP contribution in [0.1, 0.15) is 30.9 Å². The van der Waals surface area contributed by atoms with Gasteiger partial charge in [0.2, 0.25) is 0 Å². The number of benzene rings is 1. The molecule has 6 heteroatoms. The normalized spacial score (nSPS) is 15.8. The number of aryl methyl sites for hydroxylation is 1. The zero-order valence-corrected chi connectivity index (χ0v) is 18.2. The summed E-state index contributed by atoms with van der Waals surface area (Å²) in [7, 11) is 0. The first-order valence-corrected chi connectivity index (χ1v) is 11.5. The predicted molar refractivity (Wildman–Crippen MR) is 125 cm³/mol. The first-order chi connectivity index (χ1) is 14.2. The average molecular weight is 410 g/mol.